The Labute approximate surface area is 129 Å². The number of fused-ring (bicyclic) bond motifs is 1. The van der Waals surface area contributed by atoms with Gasteiger partial charge >= 0.3 is 0 Å². The fraction of sp³-hybridized carbons (Fsp3) is 0.643. The van der Waals surface area contributed by atoms with Crippen molar-refractivity contribution in [3.05, 3.63) is 21.4 Å². The molecule has 0 saturated carbocycles. The lowest BCUT2D eigenvalue weighted by Crippen LogP contribution is -2.51. The quantitative estimate of drug-likeness (QED) is 0.878. The first-order valence-corrected chi connectivity index (χ1v) is 7.79. The van der Waals surface area contributed by atoms with Crippen molar-refractivity contribution in [1.29, 1.82) is 0 Å². The monoisotopic (exact) mass is 316 g/mol. The Balaban J connectivity index is 0.00000147. The van der Waals surface area contributed by atoms with E-state index in [1.54, 1.807) is 11.3 Å². The van der Waals surface area contributed by atoms with Crippen LogP contribution in [0.25, 0.3) is 0 Å². The molecule has 1 aromatic rings. The highest BCUT2D eigenvalue weighted by atomic mass is 35.5. The minimum absolute atomic E-state index is 0. The predicted molar refractivity (Wildman–Crippen MR) is 82.9 cm³/mol. The fourth-order valence-electron chi connectivity index (χ4n) is 2.74. The van der Waals surface area contributed by atoms with Crippen molar-refractivity contribution < 1.29 is 9.53 Å². The van der Waals surface area contributed by atoms with Crippen molar-refractivity contribution in [2.75, 3.05) is 13.2 Å². The van der Waals surface area contributed by atoms with Crippen LogP contribution >= 0.6 is 23.7 Å². The predicted octanol–water partition coefficient (Wildman–Crippen LogP) is 2.11. The van der Waals surface area contributed by atoms with Crippen molar-refractivity contribution in [2.24, 2.45) is 0 Å². The van der Waals surface area contributed by atoms with E-state index in [0.29, 0.717) is 12.6 Å². The Hall–Kier alpha value is -0.620. The summed E-state index contributed by atoms with van der Waals surface area (Å²) < 4.78 is 5.42. The van der Waals surface area contributed by atoms with Crippen LogP contribution in [0.1, 0.15) is 39.9 Å². The maximum absolute atomic E-state index is 12.3. The number of rotatable bonds is 2. The number of hydrogen-bond donors (Lipinski definition) is 2. The van der Waals surface area contributed by atoms with Crippen molar-refractivity contribution in [3.63, 3.8) is 0 Å². The molecule has 1 amide bonds. The van der Waals surface area contributed by atoms with Crippen LogP contribution in [0.15, 0.2) is 6.07 Å². The lowest BCUT2D eigenvalue weighted by atomic mass is 10.00. The largest absolute Gasteiger partial charge is 0.376 e. The molecule has 0 aliphatic carbocycles. The number of ether oxygens (including phenoxy) is 1. The summed E-state index contributed by atoms with van der Waals surface area (Å²) in [5.41, 5.74) is 1.19. The Kier molecular flexibility index (Phi) is 5.43. The summed E-state index contributed by atoms with van der Waals surface area (Å²) in [6, 6.07) is 2.60. The first-order chi connectivity index (χ1) is 9.24. The van der Waals surface area contributed by atoms with Gasteiger partial charge in [0.05, 0.1) is 18.1 Å². The Morgan fingerprint density at radius 1 is 1.55 bits per heavy atom. The van der Waals surface area contributed by atoms with Gasteiger partial charge in [-0.25, -0.2) is 0 Å². The second kappa shape index (κ2) is 6.89. The summed E-state index contributed by atoms with van der Waals surface area (Å²) in [6.45, 7) is 4.62. The first-order valence-electron chi connectivity index (χ1n) is 6.97. The lowest BCUT2D eigenvalue weighted by Gasteiger charge is -2.30. The van der Waals surface area contributed by atoms with Gasteiger partial charge in [-0.1, -0.05) is 0 Å². The molecule has 0 spiro atoms. The SMILES string of the molecule is CC1NCCCC1NC(=O)c1cc2c(s1)CCOC2.Cl. The van der Waals surface area contributed by atoms with Crippen molar-refractivity contribution in [1.82, 2.24) is 10.6 Å². The molecular formula is C14H21ClN2O2S. The minimum atomic E-state index is 0. The third-order valence-corrected chi connectivity index (χ3v) is 5.17. The number of nitrogens with one attached hydrogen (secondary N) is 2. The number of hydrogen-bond acceptors (Lipinski definition) is 4. The fourth-order valence-corrected chi connectivity index (χ4v) is 3.79. The molecule has 20 heavy (non-hydrogen) atoms. The number of amides is 1. The Morgan fingerprint density at radius 2 is 2.40 bits per heavy atom. The zero-order valence-electron chi connectivity index (χ0n) is 11.6. The second-order valence-electron chi connectivity index (χ2n) is 5.33. The molecule has 112 valence electrons. The third kappa shape index (κ3) is 3.34. The number of piperidine rings is 1. The standard InChI is InChI=1S/C14H20N2O2S.ClH/c1-9-11(3-2-5-15-9)16-14(17)13-7-10-8-18-6-4-12(10)19-13;/h7,9,11,15H,2-6,8H2,1H3,(H,16,17);1H. The van der Waals surface area contributed by atoms with Crippen molar-refractivity contribution in [2.45, 2.75) is 44.9 Å². The van der Waals surface area contributed by atoms with Gasteiger partial charge in [0.15, 0.2) is 0 Å². The van der Waals surface area contributed by atoms with E-state index in [4.69, 9.17) is 4.74 Å². The van der Waals surface area contributed by atoms with Crippen LogP contribution in [0.2, 0.25) is 0 Å². The number of thiophene rings is 1. The van der Waals surface area contributed by atoms with E-state index in [0.717, 1.165) is 37.3 Å². The zero-order valence-corrected chi connectivity index (χ0v) is 13.2. The zero-order chi connectivity index (χ0) is 13.2. The van der Waals surface area contributed by atoms with Crippen molar-refractivity contribution >= 4 is 29.7 Å². The minimum Gasteiger partial charge on any atom is -0.376 e. The van der Waals surface area contributed by atoms with E-state index in [1.165, 1.54) is 10.4 Å². The third-order valence-electron chi connectivity index (χ3n) is 3.93. The van der Waals surface area contributed by atoms with E-state index in [1.807, 2.05) is 6.07 Å². The highest BCUT2D eigenvalue weighted by Crippen LogP contribution is 2.27. The molecule has 2 unspecified atom stereocenters. The second-order valence-corrected chi connectivity index (χ2v) is 6.46. The van der Waals surface area contributed by atoms with E-state index in [9.17, 15) is 4.79 Å². The number of carbonyl (C=O) groups is 1. The topological polar surface area (TPSA) is 50.4 Å². The van der Waals surface area contributed by atoms with E-state index in [2.05, 4.69) is 17.6 Å². The average Bonchev–Trinajstić information content (AvgIpc) is 2.85. The summed E-state index contributed by atoms with van der Waals surface area (Å²) in [6.07, 6.45) is 3.13. The number of carbonyl (C=O) groups excluding carboxylic acids is 1. The van der Waals surface area contributed by atoms with Crippen LogP contribution in [-0.4, -0.2) is 31.1 Å². The van der Waals surface area contributed by atoms with Gasteiger partial charge in [-0.05, 0) is 37.9 Å². The van der Waals surface area contributed by atoms with Crippen molar-refractivity contribution in [3.8, 4) is 0 Å². The van der Waals surface area contributed by atoms with E-state index in [-0.39, 0.29) is 24.4 Å². The molecule has 2 aliphatic heterocycles. The molecule has 6 heteroatoms. The molecule has 3 rings (SSSR count). The molecule has 4 nitrogen and oxygen atoms in total. The molecule has 2 aliphatic rings. The van der Waals surface area contributed by atoms with Gasteiger partial charge in [-0.2, -0.15) is 0 Å². The summed E-state index contributed by atoms with van der Waals surface area (Å²) in [5.74, 6) is 0.0694. The summed E-state index contributed by atoms with van der Waals surface area (Å²) in [5, 5.41) is 6.57. The molecule has 1 saturated heterocycles. The van der Waals surface area contributed by atoms with Gasteiger partial charge in [0, 0.05) is 23.4 Å². The normalized spacial score (nSPS) is 25.4. The summed E-state index contributed by atoms with van der Waals surface area (Å²) in [7, 11) is 0. The van der Waals surface area contributed by atoms with E-state index >= 15 is 0 Å². The Morgan fingerprint density at radius 3 is 3.15 bits per heavy atom. The highest BCUT2D eigenvalue weighted by molar-refractivity contribution is 7.14. The van der Waals surface area contributed by atoms with Gasteiger partial charge in [-0.15, -0.1) is 23.7 Å². The smallest absolute Gasteiger partial charge is 0.261 e. The van der Waals surface area contributed by atoms with Gasteiger partial charge in [0.1, 0.15) is 0 Å². The molecule has 1 aromatic heterocycles. The molecule has 0 radical (unpaired) electrons. The molecule has 1 fully saturated rings. The molecule has 3 heterocycles. The van der Waals surface area contributed by atoms with Gasteiger partial charge < -0.3 is 15.4 Å². The highest BCUT2D eigenvalue weighted by Gasteiger charge is 2.24. The van der Waals surface area contributed by atoms with Crippen LogP contribution in [0.5, 0.6) is 0 Å². The van der Waals surface area contributed by atoms with Gasteiger partial charge in [0.25, 0.3) is 5.91 Å². The Bertz CT molecular complexity index is 454. The summed E-state index contributed by atoms with van der Waals surface area (Å²) >= 11 is 1.62. The van der Waals surface area contributed by atoms with Crippen LogP contribution in [-0.2, 0) is 17.8 Å². The lowest BCUT2D eigenvalue weighted by molar-refractivity contribution is 0.0923. The van der Waals surface area contributed by atoms with E-state index < -0.39 is 0 Å². The van der Waals surface area contributed by atoms with Crippen LogP contribution in [0.3, 0.4) is 0 Å². The maximum atomic E-state index is 12.3. The molecule has 0 bridgehead atoms. The summed E-state index contributed by atoms with van der Waals surface area (Å²) in [4.78, 5) is 14.4. The molecule has 2 atom stereocenters. The number of halogens is 1. The molecule has 2 N–H and O–H groups in total. The van der Waals surface area contributed by atoms with Crippen LogP contribution in [0, 0.1) is 0 Å². The molecule has 0 aromatic carbocycles. The van der Waals surface area contributed by atoms with Crippen LogP contribution in [0.4, 0.5) is 0 Å². The average molecular weight is 317 g/mol. The van der Waals surface area contributed by atoms with Crippen LogP contribution < -0.4 is 10.6 Å². The van der Waals surface area contributed by atoms with Gasteiger partial charge in [0.2, 0.25) is 0 Å². The molecular weight excluding hydrogens is 296 g/mol. The first kappa shape index (κ1) is 15.8. The van der Waals surface area contributed by atoms with Gasteiger partial charge in [-0.3, -0.25) is 4.79 Å². The maximum Gasteiger partial charge on any atom is 0.261 e.